The SMILES string of the molecule is COP(=O)(OC)OC[C@H]1COC(C)(C)O1. The summed E-state index contributed by atoms with van der Waals surface area (Å²) in [7, 11) is -0.883. The molecule has 90 valence electrons. The molecule has 0 aromatic rings. The van der Waals surface area contributed by atoms with Gasteiger partial charge in [0.1, 0.15) is 6.10 Å². The molecule has 0 saturated carbocycles. The summed E-state index contributed by atoms with van der Waals surface area (Å²) in [5.74, 6) is -0.613. The summed E-state index contributed by atoms with van der Waals surface area (Å²) in [6.45, 7) is 4.13. The Morgan fingerprint density at radius 2 is 2.00 bits per heavy atom. The summed E-state index contributed by atoms with van der Waals surface area (Å²) in [6.07, 6.45) is -0.251. The quantitative estimate of drug-likeness (QED) is 0.679. The van der Waals surface area contributed by atoms with Gasteiger partial charge in [0.15, 0.2) is 5.79 Å². The Hall–Kier alpha value is 0.0300. The molecule has 1 aliphatic rings. The first kappa shape index (κ1) is 13.1. The monoisotopic (exact) mass is 240 g/mol. The van der Waals surface area contributed by atoms with Crippen molar-refractivity contribution in [3.63, 3.8) is 0 Å². The second-order valence-corrected chi connectivity index (χ2v) is 5.44. The lowest BCUT2D eigenvalue weighted by Gasteiger charge is -2.18. The minimum Gasteiger partial charge on any atom is -0.348 e. The third-order valence-corrected chi connectivity index (χ3v) is 3.29. The van der Waals surface area contributed by atoms with Gasteiger partial charge in [-0.25, -0.2) is 4.57 Å². The maximum Gasteiger partial charge on any atom is 0.474 e. The molecule has 0 bridgehead atoms. The van der Waals surface area contributed by atoms with Gasteiger partial charge >= 0.3 is 7.82 Å². The van der Waals surface area contributed by atoms with Crippen LogP contribution in [0.25, 0.3) is 0 Å². The Bertz CT molecular complexity index is 246. The van der Waals surface area contributed by atoms with E-state index in [1.54, 1.807) is 13.8 Å². The first-order chi connectivity index (χ1) is 6.91. The van der Waals surface area contributed by atoms with Gasteiger partial charge in [0.05, 0.1) is 13.2 Å². The topological polar surface area (TPSA) is 63.2 Å². The predicted molar refractivity (Wildman–Crippen MR) is 52.5 cm³/mol. The Morgan fingerprint density at radius 3 is 2.40 bits per heavy atom. The maximum absolute atomic E-state index is 11.5. The van der Waals surface area contributed by atoms with Crippen molar-refractivity contribution in [2.45, 2.75) is 25.7 Å². The van der Waals surface area contributed by atoms with Gasteiger partial charge in [-0.15, -0.1) is 0 Å². The highest BCUT2D eigenvalue weighted by Gasteiger charge is 2.35. The van der Waals surface area contributed by atoms with E-state index in [9.17, 15) is 4.57 Å². The molecule has 0 amide bonds. The zero-order chi connectivity index (χ0) is 11.5. The number of hydrogen-bond acceptors (Lipinski definition) is 6. The molecule has 0 radical (unpaired) electrons. The van der Waals surface area contributed by atoms with Gasteiger partial charge in [-0.1, -0.05) is 0 Å². The van der Waals surface area contributed by atoms with E-state index < -0.39 is 13.6 Å². The summed E-state index contributed by atoms with van der Waals surface area (Å²) >= 11 is 0. The third-order valence-electron chi connectivity index (χ3n) is 1.93. The fraction of sp³-hybridized carbons (Fsp3) is 1.00. The normalized spacial score (nSPS) is 25.7. The molecule has 0 unspecified atom stereocenters. The largest absolute Gasteiger partial charge is 0.474 e. The lowest BCUT2D eigenvalue weighted by Crippen LogP contribution is -2.23. The first-order valence-electron chi connectivity index (χ1n) is 4.58. The Kier molecular flexibility index (Phi) is 4.29. The van der Waals surface area contributed by atoms with Crippen LogP contribution in [0.3, 0.4) is 0 Å². The van der Waals surface area contributed by atoms with E-state index in [2.05, 4.69) is 9.05 Å². The van der Waals surface area contributed by atoms with Crippen molar-refractivity contribution in [2.24, 2.45) is 0 Å². The Morgan fingerprint density at radius 1 is 1.40 bits per heavy atom. The lowest BCUT2D eigenvalue weighted by molar-refractivity contribution is -0.142. The zero-order valence-electron chi connectivity index (χ0n) is 9.39. The van der Waals surface area contributed by atoms with Crippen LogP contribution >= 0.6 is 7.82 Å². The van der Waals surface area contributed by atoms with Gasteiger partial charge in [-0.05, 0) is 13.8 Å². The molecule has 0 spiro atoms. The van der Waals surface area contributed by atoms with Crippen LogP contribution in [0, 0.1) is 0 Å². The van der Waals surface area contributed by atoms with Crippen molar-refractivity contribution in [1.29, 1.82) is 0 Å². The molecule has 0 aromatic heterocycles. The van der Waals surface area contributed by atoms with Crippen LogP contribution in [0.4, 0.5) is 0 Å². The highest BCUT2D eigenvalue weighted by molar-refractivity contribution is 7.48. The minimum absolute atomic E-state index is 0.113. The molecule has 15 heavy (non-hydrogen) atoms. The summed E-state index contributed by atoms with van der Waals surface area (Å²) in [5, 5.41) is 0. The lowest BCUT2D eigenvalue weighted by atomic mass is 10.4. The van der Waals surface area contributed by atoms with E-state index in [4.69, 9.17) is 14.0 Å². The predicted octanol–water partition coefficient (Wildman–Crippen LogP) is 1.56. The van der Waals surface area contributed by atoms with Gasteiger partial charge in [-0.2, -0.15) is 0 Å². The van der Waals surface area contributed by atoms with E-state index in [0.717, 1.165) is 0 Å². The van der Waals surface area contributed by atoms with Crippen molar-refractivity contribution in [1.82, 2.24) is 0 Å². The summed E-state index contributed by atoms with van der Waals surface area (Å²) in [4.78, 5) is 0. The van der Waals surface area contributed by atoms with E-state index in [1.807, 2.05) is 0 Å². The summed E-state index contributed by atoms with van der Waals surface area (Å²) in [6, 6.07) is 0. The molecule has 0 aliphatic carbocycles. The van der Waals surface area contributed by atoms with Crippen molar-refractivity contribution >= 4 is 7.82 Å². The van der Waals surface area contributed by atoms with Crippen LogP contribution in [0.5, 0.6) is 0 Å². The summed E-state index contributed by atoms with van der Waals surface area (Å²) in [5.41, 5.74) is 0. The van der Waals surface area contributed by atoms with Gasteiger partial charge in [0, 0.05) is 14.2 Å². The average Bonchev–Trinajstić information content (AvgIpc) is 2.55. The fourth-order valence-corrected chi connectivity index (χ4v) is 1.91. The van der Waals surface area contributed by atoms with Crippen LogP contribution in [0.2, 0.25) is 0 Å². The molecule has 6 nitrogen and oxygen atoms in total. The summed E-state index contributed by atoms with van der Waals surface area (Å²) < 4.78 is 36.5. The Balaban J connectivity index is 2.36. The number of hydrogen-bond donors (Lipinski definition) is 0. The maximum atomic E-state index is 11.5. The minimum atomic E-state index is -3.41. The Labute approximate surface area is 89.4 Å². The van der Waals surface area contributed by atoms with E-state index in [0.29, 0.717) is 6.61 Å². The van der Waals surface area contributed by atoms with Gasteiger partial charge in [-0.3, -0.25) is 13.6 Å². The number of phosphoric acid groups is 1. The number of phosphoric ester groups is 1. The smallest absolute Gasteiger partial charge is 0.348 e. The van der Waals surface area contributed by atoms with E-state index in [-0.39, 0.29) is 12.7 Å². The molecule has 0 N–H and O–H groups in total. The van der Waals surface area contributed by atoms with Crippen LogP contribution in [0.15, 0.2) is 0 Å². The van der Waals surface area contributed by atoms with Crippen molar-refractivity contribution in [2.75, 3.05) is 27.4 Å². The van der Waals surface area contributed by atoms with Crippen LogP contribution in [-0.2, 0) is 27.6 Å². The van der Waals surface area contributed by atoms with E-state index in [1.165, 1.54) is 14.2 Å². The second-order valence-electron chi connectivity index (χ2n) is 3.56. The highest BCUT2D eigenvalue weighted by Crippen LogP contribution is 2.47. The third kappa shape index (κ3) is 3.83. The molecular formula is C8H17O6P. The molecule has 7 heteroatoms. The average molecular weight is 240 g/mol. The molecule has 0 aromatic carbocycles. The van der Waals surface area contributed by atoms with E-state index >= 15 is 0 Å². The molecule has 1 saturated heterocycles. The standard InChI is InChI=1S/C8H17O6P/c1-8(2)12-5-7(14-8)6-13-15(9,10-3)11-4/h7H,5-6H2,1-4H3/t7-/m1/s1. The van der Waals surface area contributed by atoms with Crippen molar-refractivity contribution < 1.29 is 27.6 Å². The van der Waals surface area contributed by atoms with Crippen molar-refractivity contribution in [3.05, 3.63) is 0 Å². The number of ether oxygens (including phenoxy) is 2. The van der Waals surface area contributed by atoms with Crippen LogP contribution < -0.4 is 0 Å². The molecule has 1 atom stereocenters. The molecule has 1 fully saturated rings. The zero-order valence-corrected chi connectivity index (χ0v) is 10.3. The van der Waals surface area contributed by atoms with Gasteiger partial charge < -0.3 is 9.47 Å². The second kappa shape index (κ2) is 4.91. The molecule has 1 heterocycles. The van der Waals surface area contributed by atoms with Crippen molar-refractivity contribution in [3.8, 4) is 0 Å². The van der Waals surface area contributed by atoms with Gasteiger partial charge in [0.2, 0.25) is 0 Å². The molecule has 1 aliphatic heterocycles. The molecule has 1 rings (SSSR count). The van der Waals surface area contributed by atoms with Crippen LogP contribution in [-0.4, -0.2) is 39.3 Å². The fourth-order valence-electron chi connectivity index (χ4n) is 1.20. The highest BCUT2D eigenvalue weighted by atomic mass is 31.2. The molecular weight excluding hydrogens is 223 g/mol. The van der Waals surface area contributed by atoms with Gasteiger partial charge in [0.25, 0.3) is 0 Å². The number of rotatable bonds is 5. The first-order valence-corrected chi connectivity index (χ1v) is 6.05. The van der Waals surface area contributed by atoms with Crippen LogP contribution in [0.1, 0.15) is 13.8 Å².